The van der Waals surface area contributed by atoms with Crippen molar-refractivity contribution in [1.82, 2.24) is 0 Å². The van der Waals surface area contributed by atoms with Crippen molar-refractivity contribution in [2.45, 2.75) is 0 Å². The van der Waals surface area contributed by atoms with Gasteiger partial charge < -0.3 is 19.6 Å². The quantitative estimate of drug-likeness (QED) is 0.0953. The molecule has 0 aliphatic carbocycles. The summed E-state index contributed by atoms with van der Waals surface area (Å²) in [5.74, 6) is 0. The Bertz CT molecular complexity index is 4610. The molecular formula is C81H54BN5. The van der Waals surface area contributed by atoms with Crippen molar-refractivity contribution in [2.75, 3.05) is 19.6 Å². The monoisotopic (exact) mass is 1110 g/mol. The molecule has 0 atom stereocenters. The molecule has 406 valence electrons. The molecule has 2 heterocycles. The minimum Gasteiger partial charge on any atom is -0.311 e. The Morgan fingerprint density at radius 1 is 0.276 bits per heavy atom. The molecule has 14 aromatic rings. The summed E-state index contributed by atoms with van der Waals surface area (Å²) in [5, 5.41) is 15.8. The van der Waals surface area contributed by atoms with Crippen LogP contribution in [-0.4, -0.2) is 6.71 Å². The fourth-order valence-electron chi connectivity index (χ4n) is 13.7. The number of hydrogen-bond acceptors (Lipinski definition) is 5. The summed E-state index contributed by atoms with van der Waals surface area (Å²) in [4.78, 5) is 9.68. The molecule has 0 aromatic heterocycles. The van der Waals surface area contributed by atoms with Crippen LogP contribution in [0.2, 0.25) is 0 Å². The zero-order valence-electron chi connectivity index (χ0n) is 47.5. The topological polar surface area (TPSA) is 36.8 Å². The predicted octanol–water partition coefficient (Wildman–Crippen LogP) is 19.9. The number of benzene rings is 14. The van der Waals surface area contributed by atoms with Gasteiger partial charge in [-0.2, -0.15) is 5.26 Å². The smallest absolute Gasteiger partial charge is 0.252 e. The Hall–Kier alpha value is -11.6. The van der Waals surface area contributed by atoms with Gasteiger partial charge >= 0.3 is 0 Å². The van der Waals surface area contributed by atoms with Crippen LogP contribution in [-0.2, 0) is 0 Å². The maximum Gasteiger partial charge on any atom is 0.252 e. The molecule has 14 aromatic carbocycles. The van der Waals surface area contributed by atoms with Crippen LogP contribution < -0.4 is 36.0 Å². The SMILES string of the molecule is N#Cc1cc(-c2cc3c4c(c2)N(c2ccccc2)c2cc(N(c5ccccc5)c5ccccc5)ccc2B4c2ccc(N(c4ccccc4)c4ccccc4)cc2N3c2ccccc2)cc(-c2c3ccccc3c(-c3ccccc3)c3ccccc23)c1. The van der Waals surface area contributed by atoms with Gasteiger partial charge in [0.05, 0.1) is 11.6 Å². The van der Waals surface area contributed by atoms with E-state index in [0.717, 1.165) is 112 Å². The lowest BCUT2D eigenvalue weighted by atomic mass is 9.33. The lowest BCUT2D eigenvalue weighted by Gasteiger charge is -2.45. The number of rotatable bonds is 11. The van der Waals surface area contributed by atoms with E-state index in [9.17, 15) is 5.26 Å². The van der Waals surface area contributed by atoms with Gasteiger partial charge in [-0.15, -0.1) is 0 Å². The maximum atomic E-state index is 11.2. The Kier molecular flexibility index (Phi) is 12.6. The highest BCUT2D eigenvalue weighted by atomic mass is 15.2. The zero-order chi connectivity index (χ0) is 57.8. The first-order valence-electron chi connectivity index (χ1n) is 29.7. The molecule has 0 bridgehead atoms. The second-order valence-electron chi connectivity index (χ2n) is 22.3. The van der Waals surface area contributed by atoms with E-state index >= 15 is 0 Å². The first kappa shape index (κ1) is 51.0. The Balaban J connectivity index is 0.991. The number of nitrogens with zero attached hydrogens (tertiary/aromatic N) is 5. The highest BCUT2D eigenvalue weighted by Gasteiger charge is 2.44. The molecule has 0 radical (unpaired) electrons. The first-order chi connectivity index (χ1) is 43.1. The summed E-state index contributed by atoms with van der Waals surface area (Å²) >= 11 is 0. The van der Waals surface area contributed by atoms with Crippen molar-refractivity contribution in [2.24, 2.45) is 0 Å². The minimum atomic E-state index is -0.192. The third kappa shape index (κ3) is 8.80. The summed E-state index contributed by atoms with van der Waals surface area (Å²) in [6.45, 7) is -0.192. The van der Waals surface area contributed by atoms with E-state index in [2.05, 4.69) is 353 Å². The van der Waals surface area contributed by atoms with Gasteiger partial charge in [0.15, 0.2) is 0 Å². The van der Waals surface area contributed by atoms with Gasteiger partial charge in [0.2, 0.25) is 0 Å². The average Bonchev–Trinajstić information content (AvgIpc) is 1.00. The molecule has 0 amide bonds. The van der Waals surface area contributed by atoms with Crippen molar-refractivity contribution in [1.29, 1.82) is 5.26 Å². The molecule has 0 unspecified atom stereocenters. The molecule has 87 heavy (non-hydrogen) atoms. The van der Waals surface area contributed by atoms with Crippen molar-refractivity contribution in [3.63, 3.8) is 0 Å². The second-order valence-corrected chi connectivity index (χ2v) is 22.3. The Morgan fingerprint density at radius 2 is 0.609 bits per heavy atom. The molecule has 2 aliphatic rings. The molecule has 6 heteroatoms. The van der Waals surface area contributed by atoms with Gasteiger partial charge in [0.25, 0.3) is 6.71 Å². The van der Waals surface area contributed by atoms with Crippen LogP contribution in [0.4, 0.5) is 68.2 Å². The van der Waals surface area contributed by atoms with Crippen LogP contribution in [0.15, 0.2) is 328 Å². The minimum absolute atomic E-state index is 0.192. The lowest BCUT2D eigenvalue weighted by Crippen LogP contribution is -2.61. The van der Waals surface area contributed by atoms with E-state index in [1.165, 1.54) is 27.5 Å². The lowest BCUT2D eigenvalue weighted by molar-refractivity contribution is 1.23. The van der Waals surface area contributed by atoms with Gasteiger partial charge in [0.1, 0.15) is 0 Å². The van der Waals surface area contributed by atoms with Crippen molar-refractivity contribution < 1.29 is 0 Å². The summed E-state index contributed by atoms with van der Waals surface area (Å²) in [6.07, 6.45) is 0. The van der Waals surface area contributed by atoms with Crippen molar-refractivity contribution in [3.05, 3.63) is 333 Å². The summed E-state index contributed by atoms with van der Waals surface area (Å²) < 4.78 is 0. The fourth-order valence-corrected chi connectivity index (χ4v) is 13.7. The van der Waals surface area contributed by atoms with E-state index in [1.807, 2.05) is 0 Å². The van der Waals surface area contributed by atoms with E-state index in [-0.39, 0.29) is 6.71 Å². The number of para-hydroxylation sites is 6. The highest BCUT2D eigenvalue weighted by Crippen LogP contribution is 2.50. The Labute approximate surface area is 507 Å². The standard InChI is InChI=1S/C81H54BN5/c83-55-56-48-58(50-60(49-56)80-71-42-24-22-40-69(71)79(57-26-8-1-9-27-57)70-41-23-25-43-72(70)80)59-51-77-81-78(52-59)87(66-38-20-7-21-39-66)76-54-68(85(63-32-14-4-15-33-63)64-34-16-5-17-35-64)45-47-74(76)82(81)73-46-44-67(53-75(73)86(77)65-36-18-6-19-37-65)84(61-28-10-2-11-29-61)62-30-12-3-13-31-62/h1-54H. The molecule has 0 spiro atoms. The summed E-state index contributed by atoms with van der Waals surface area (Å²) in [7, 11) is 0. The van der Waals surface area contributed by atoms with Gasteiger partial charge in [0, 0.05) is 68.2 Å². The van der Waals surface area contributed by atoms with Crippen LogP contribution >= 0.6 is 0 Å². The predicted molar refractivity (Wildman–Crippen MR) is 366 cm³/mol. The van der Waals surface area contributed by atoms with E-state index in [4.69, 9.17) is 0 Å². The third-order valence-electron chi connectivity index (χ3n) is 17.3. The Morgan fingerprint density at radius 3 is 1.00 bits per heavy atom. The van der Waals surface area contributed by atoms with Crippen LogP contribution in [0.5, 0.6) is 0 Å². The molecule has 0 fully saturated rings. The zero-order valence-corrected chi connectivity index (χ0v) is 47.5. The fraction of sp³-hybridized carbons (Fsp3) is 0. The molecular weight excluding hydrogens is 1050 g/mol. The molecule has 2 aliphatic heterocycles. The van der Waals surface area contributed by atoms with Crippen LogP contribution in [0, 0.1) is 11.3 Å². The van der Waals surface area contributed by atoms with Gasteiger partial charge in [-0.1, -0.05) is 200 Å². The highest BCUT2D eigenvalue weighted by molar-refractivity contribution is 7.00. The van der Waals surface area contributed by atoms with Crippen LogP contribution in [0.1, 0.15) is 5.56 Å². The second kappa shape index (κ2) is 21.5. The van der Waals surface area contributed by atoms with Gasteiger partial charge in [-0.05, 0) is 199 Å². The van der Waals surface area contributed by atoms with E-state index in [0.29, 0.717) is 5.56 Å². The third-order valence-corrected chi connectivity index (χ3v) is 17.3. The van der Waals surface area contributed by atoms with Crippen molar-refractivity contribution in [3.8, 4) is 39.4 Å². The average molecular weight is 1110 g/mol. The van der Waals surface area contributed by atoms with Crippen LogP contribution in [0.3, 0.4) is 0 Å². The first-order valence-corrected chi connectivity index (χ1v) is 29.7. The number of nitriles is 1. The maximum absolute atomic E-state index is 11.2. The normalized spacial score (nSPS) is 12.1. The molecule has 16 rings (SSSR count). The van der Waals surface area contributed by atoms with E-state index < -0.39 is 0 Å². The number of fused-ring (bicyclic) bond motifs is 6. The molecule has 5 nitrogen and oxygen atoms in total. The van der Waals surface area contributed by atoms with E-state index in [1.54, 1.807) is 0 Å². The molecule has 0 saturated carbocycles. The molecule has 0 saturated heterocycles. The van der Waals surface area contributed by atoms with Crippen LogP contribution in [0.25, 0.3) is 54.9 Å². The van der Waals surface area contributed by atoms with Crippen molar-refractivity contribution >= 4 is 113 Å². The van der Waals surface area contributed by atoms with Gasteiger partial charge in [-0.3, -0.25) is 0 Å². The summed E-state index contributed by atoms with van der Waals surface area (Å²) in [6, 6.07) is 121. The number of hydrogen-bond donors (Lipinski definition) is 0. The number of anilines is 12. The largest absolute Gasteiger partial charge is 0.311 e. The van der Waals surface area contributed by atoms with Gasteiger partial charge in [-0.25, -0.2) is 0 Å². The summed E-state index contributed by atoms with van der Waals surface area (Å²) in [5.41, 5.74) is 23.2. The molecule has 0 N–H and O–H groups in total.